The molecule has 0 rings (SSSR count). The normalized spacial score (nSPS) is 13.8. The molecule has 114 valence electrons. The Balaban J connectivity index is -0.000000579. The predicted molar refractivity (Wildman–Crippen MR) is 85.3 cm³/mol. The van der Waals surface area contributed by atoms with E-state index in [4.69, 9.17) is 10.8 Å². The lowest BCUT2D eigenvalue weighted by Crippen LogP contribution is -2.16. The molecule has 0 fully saturated rings. The molecule has 0 aliphatic carbocycles. The van der Waals surface area contributed by atoms with Crippen LogP contribution < -0.4 is 5.73 Å². The van der Waals surface area contributed by atoms with Gasteiger partial charge in [-0.2, -0.15) is 0 Å². The number of nitrogens with two attached hydrogens (primary N) is 1. The lowest BCUT2D eigenvalue weighted by Gasteiger charge is -2.07. The second kappa shape index (κ2) is 16.9. The quantitative estimate of drug-likeness (QED) is 0.704. The van der Waals surface area contributed by atoms with Crippen molar-refractivity contribution in [2.45, 2.75) is 67.3 Å². The van der Waals surface area contributed by atoms with Gasteiger partial charge < -0.3 is 10.8 Å². The highest BCUT2D eigenvalue weighted by atomic mass is 16.4. The topological polar surface area (TPSA) is 63.3 Å². The summed E-state index contributed by atoms with van der Waals surface area (Å²) in [4.78, 5) is 10.6. The highest BCUT2D eigenvalue weighted by Gasteiger charge is 2.07. The minimum absolute atomic E-state index is 0.0680. The fraction of sp³-hybridized carbons (Fsp3) is 0.688. The van der Waals surface area contributed by atoms with E-state index >= 15 is 0 Å². The largest absolute Gasteiger partial charge is 0.481 e. The summed E-state index contributed by atoms with van der Waals surface area (Å²) in [6.07, 6.45) is 7.38. The number of carboxylic acid groups (broad SMARTS) is 1. The summed E-state index contributed by atoms with van der Waals surface area (Å²) in [6, 6.07) is 0.0680. The fourth-order valence-electron chi connectivity index (χ4n) is 1.32. The average molecular weight is 271 g/mol. The first kappa shape index (κ1) is 23.0. The maximum Gasteiger partial charge on any atom is 0.310 e. The van der Waals surface area contributed by atoms with Crippen molar-refractivity contribution in [1.29, 1.82) is 0 Å². The van der Waals surface area contributed by atoms with Crippen LogP contribution in [-0.4, -0.2) is 17.1 Å². The average Bonchev–Trinajstić information content (AvgIpc) is 2.41. The van der Waals surface area contributed by atoms with Crippen LogP contribution in [0, 0.1) is 5.92 Å². The zero-order chi connectivity index (χ0) is 15.8. The molecule has 2 atom stereocenters. The molecule has 0 bridgehead atoms. The Labute approximate surface area is 119 Å². The van der Waals surface area contributed by atoms with E-state index in [9.17, 15) is 4.79 Å². The molecule has 0 aromatic carbocycles. The summed E-state index contributed by atoms with van der Waals surface area (Å²) in [5, 5.41) is 8.71. The van der Waals surface area contributed by atoms with E-state index in [0.29, 0.717) is 0 Å². The Morgan fingerprint density at radius 1 is 1.26 bits per heavy atom. The van der Waals surface area contributed by atoms with E-state index in [1.54, 1.807) is 13.0 Å². The minimum Gasteiger partial charge on any atom is -0.481 e. The molecule has 0 aromatic rings. The lowest BCUT2D eigenvalue weighted by atomic mass is 10.0. The molecule has 0 aliphatic heterocycles. The first-order valence-corrected chi connectivity index (χ1v) is 7.25. The predicted octanol–water partition coefficient (Wildman–Crippen LogP) is 4.39. The molecule has 0 aliphatic rings. The second-order valence-electron chi connectivity index (χ2n) is 3.87. The van der Waals surface area contributed by atoms with Gasteiger partial charge in [0, 0.05) is 6.04 Å². The summed E-state index contributed by atoms with van der Waals surface area (Å²) in [7, 11) is 0. The number of hydrogen-bond donors (Lipinski definition) is 2. The van der Waals surface area contributed by atoms with Gasteiger partial charge in [-0.15, -0.1) is 0 Å². The zero-order valence-electron chi connectivity index (χ0n) is 13.7. The van der Waals surface area contributed by atoms with E-state index in [-0.39, 0.29) is 6.04 Å². The van der Waals surface area contributed by atoms with Crippen molar-refractivity contribution in [2.75, 3.05) is 0 Å². The molecule has 0 amide bonds. The standard InChI is InChI=1S/C12H21NO2.2C2H6/c1-4-5-11(13)7-6-9(2)8-10(3)12(14)15;2*1-2/h4-5,8,10-11H,6-7,13H2,1-3H3,(H,14,15);2*1-2H3/b5-4+,9-8+;;. The summed E-state index contributed by atoms with van der Waals surface area (Å²) in [6.45, 7) is 13.6. The maximum atomic E-state index is 10.6. The van der Waals surface area contributed by atoms with E-state index < -0.39 is 11.9 Å². The van der Waals surface area contributed by atoms with Crippen LogP contribution in [0.25, 0.3) is 0 Å². The van der Waals surface area contributed by atoms with Crippen molar-refractivity contribution in [2.24, 2.45) is 11.7 Å². The molecule has 0 heterocycles. The Kier molecular flexibility index (Phi) is 20.5. The molecule has 0 radical (unpaired) electrons. The van der Waals surface area contributed by atoms with E-state index in [1.165, 1.54) is 0 Å². The van der Waals surface area contributed by atoms with Crippen LogP contribution in [0.5, 0.6) is 0 Å². The third-order valence-corrected chi connectivity index (χ3v) is 2.24. The Morgan fingerprint density at radius 3 is 2.11 bits per heavy atom. The van der Waals surface area contributed by atoms with Gasteiger partial charge in [0.05, 0.1) is 5.92 Å². The van der Waals surface area contributed by atoms with Crippen LogP contribution in [0.15, 0.2) is 23.8 Å². The maximum absolute atomic E-state index is 10.6. The molecule has 3 N–H and O–H groups in total. The molecule has 0 spiro atoms. The number of allylic oxidation sites excluding steroid dienone is 2. The SMILES string of the molecule is C/C=C/C(N)CC/C(C)=C/C(C)C(=O)O.CC.CC. The second-order valence-corrected chi connectivity index (χ2v) is 3.87. The van der Waals surface area contributed by atoms with Crippen molar-refractivity contribution in [1.82, 2.24) is 0 Å². The fourth-order valence-corrected chi connectivity index (χ4v) is 1.32. The molecule has 0 aromatic heterocycles. The van der Waals surface area contributed by atoms with Crippen LogP contribution in [0.2, 0.25) is 0 Å². The Bertz CT molecular complexity index is 257. The first-order valence-electron chi connectivity index (χ1n) is 7.25. The molecular weight excluding hydrogens is 238 g/mol. The van der Waals surface area contributed by atoms with Crippen LogP contribution in [0.1, 0.15) is 61.3 Å². The van der Waals surface area contributed by atoms with Gasteiger partial charge in [-0.25, -0.2) is 0 Å². The van der Waals surface area contributed by atoms with Crippen LogP contribution in [0.3, 0.4) is 0 Å². The third kappa shape index (κ3) is 16.9. The van der Waals surface area contributed by atoms with E-state index in [0.717, 1.165) is 18.4 Å². The number of carbonyl (C=O) groups is 1. The molecule has 2 unspecified atom stereocenters. The van der Waals surface area contributed by atoms with Crippen molar-refractivity contribution in [3.63, 3.8) is 0 Å². The summed E-state index contributed by atoms with van der Waals surface area (Å²) in [5.74, 6) is -1.20. The van der Waals surface area contributed by atoms with Gasteiger partial charge in [-0.1, -0.05) is 51.5 Å². The van der Waals surface area contributed by atoms with Crippen molar-refractivity contribution in [3.05, 3.63) is 23.8 Å². The lowest BCUT2D eigenvalue weighted by molar-refractivity contribution is -0.139. The summed E-state index contributed by atoms with van der Waals surface area (Å²) >= 11 is 0. The van der Waals surface area contributed by atoms with Gasteiger partial charge >= 0.3 is 5.97 Å². The van der Waals surface area contributed by atoms with Crippen molar-refractivity contribution >= 4 is 5.97 Å². The van der Waals surface area contributed by atoms with Gasteiger partial charge in [0.2, 0.25) is 0 Å². The number of hydrogen-bond acceptors (Lipinski definition) is 2. The number of aliphatic carboxylic acids is 1. The number of carboxylic acids is 1. The number of rotatable bonds is 6. The third-order valence-electron chi connectivity index (χ3n) is 2.24. The molecule has 19 heavy (non-hydrogen) atoms. The van der Waals surface area contributed by atoms with E-state index in [1.807, 2.05) is 53.7 Å². The molecule has 0 saturated carbocycles. The molecule has 0 saturated heterocycles. The van der Waals surface area contributed by atoms with Gasteiger partial charge in [-0.05, 0) is 33.6 Å². The monoisotopic (exact) mass is 271 g/mol. The van der Waals surface area contributed by atoms with Crippen molar-refractivity contribution < 1.29 is 9.90 Å². The van der Waals surface area contributed by atoms with E-state index in [2.05, 4.69) is 0 Å². The molecular formula is C16H33NO2. The Hall–Kier alpha value is -1.09. The van der Waals surface area contributed by atoms with Crippen LogP contribution in [-0.2, 0) is 4.79 Å². The first-order chi connectivity index (χ1) is 8.97. The van der Waals surface area contributed by atoms with Gasteiger partial charge in [0.15, 0.2) is 0 Å². The van der Waals surface area contributed by atoms with Crippen LogP contribution in [0.4, 0.5) is 0 Å². The zero-order valence-corrected chi connectivity index (χ0v) is 13.7. The van der Waals surface area contributed by atoms with Gasteiger partial charge in [-0.3, -0.25) is 4.79 Å². The van der Waals surface area contributed by atoms with Crippen molar-refractivity contribution in [3.8, 4) is 0 Å². The molecule has 3 heteroatoms. The highest BCUT2D eigenvalue weighted by Crippen LogP contribution is 2.10. The van der Waals surface area contributed by atoms with Crippen LogP contribution >= 0.6 is 0 Å². The summed E-state index contributed by atoms with van der Waals surface area (Å²) < 4.78 is 0. The summed E-state index contributed by atoms with van der Waals surface area (Å²) in [5.41, 5.74) is 6.88. The Morgan fingerprint density at radius 2 is 1.74 bits per heavy atom. The van der Waals surface area contributed by atoms with Gasteiger partial charge in [0.1, 0.15) is 0 Å². The highest BCUT2D eigenvalue weighted by molar-refractivity contribution is 5.71. The molecule has 3 nitrogen and oxygen atoms in total. The minimum atomic E-state index is -0.785. The smallest absolute Gasteiger partial charge is 0.310 e. The van der Waals surface area contributed by atoms with Gasteiger partial charge in [0.25, 0.3) is 0 Å².